The van der Waals surface area contributed by atoms with E-state index in [9.17, 15) is 19.2 Å². The minimum atomic E-state index is -0.780. The second-order valence-corrected chi connectivity index (χ2v) is 6.35. The van der Waals surface area contributed by atoms with Crippen LogP contribution in [0.1, 0.15) is 40.5 Å². The first-order valence-electron chi connectivity index (χ1n) is 7.88. The molecular weight excluding hydrogens is 318 g/mol. The van der Waals surface area contributed by atoms with Gasteiger partial charge < -0.3 is 14.8 Å². The van der Waals surface area contributed by atoms with Crippen molar-refractivity contribution in [2.75, 3.05) is 19.7 Å². The topological polar surface area (TPSA) is 114 Å². The van der Waals surface area contributed by atoms with Gasteiger partial charge in [0, 0.05) is 13.1 Å². The van der Waals surface area contributed by atoms with Crippen LogP contribution in [0.4, 0.5) is 9.59 Å². The molecule has 1 aliphatic heterocycles. The van der Waals surface area contributed by atoms with Gasteiger partial charge in [-0.05, 0) is 40.5 Å². The molecule has 2 N–H and O–H groups in total. The number of carbonyl (C=O) groups excluding carboxylic acids is 4. The van der Waals surface area contributed by atoms with Crippen LogP contribution in [0.2, 0.25) is 0 Å². The number of hydrogen-bond donors (Lipinski definition) is 2. The van der Waals surface area contributed by atoms with Crippen LogP contribution >= 0.6 is 0 Å². The lowest BCUT2D eigenvalue weighted by molar-refractivity contribution is -0.152. The fourth-order valence-corrected chi connectivity index (χ4v) is 2.15. The van der Waals surface area contributed by atoms with Gasteiger partial charge in [0.25, 0.3) is 5.91 Å². The van der Waals surface area contributed by atoms with Crippen molar-refractivity contribution >= 4 is 24.0 Å². The van der Waals surface area contributed by atoms with Crippen molar-refractivity contribution in [2.24, 2.45) is 0 Å². The average molecular weight is 343 g/mol. The highest BCUT2D eigenvalue weighted by molar-refractivity contribution is 5.95. The van der Waals surface area contributed by atoms with E-state index >= 15 is 0 Å². The maximum atomic E-state index is 12.1. The highest BCUT2D eigenvalue weighted by Gasteiger charge is 2.37. The number of nitrogens with zero attached hydrogens (tertiary/aromatic N) is 1. The molecule has 9 nitrogen and oxygen atoms in total. The molecule has 1 atom stereocenters. The van der Waals surface area contributed by atoms with E-state index in [2.05, 4.69) is 5.32 Å². The van der Waals surface area contributed by atoms with E-state index in [1.165, 1.54) is 4.90 Å². The molecule has 0 aromatic heterocycles. The summed E-state index contributed by atoms with van der Waals surface area (Å²) in [5.74, 6) is -1.43. The lowest BCUT2D eigenvalue weighted by Crippen LogP contribution is -2.45. The summed E-state index contributed by atoms with van der Waals surface area (Å²) in [5, 5.41) is 4.40. The highest BCUT2D eigenvalue weighted by atomic mass is 16.6. The third kappa shape index (κ3) is 6.43. The normalized spacial score (nSPS) is 17.2. The van der Waals surface area contributed by atoms with Crippen molar-refractivity contribution in [1.29, 1.82) is 0 Å². The van der Waals surface area contributed by atoms with Crippen LogP contribution in [0.3, 0.4) is 0 Å². The van der Waals surface area contributed by atoms with E-state index in [1.807, 2.05) is 5.32 Å². The fraction of sp³-hybridized carbons (Fsp3) is 0.733. The van der Waals surface area contributed by atoms with Crippen molar-refractivity contribution in [3.05, 3.63) is 0 Å². The third-order valence-electron chi connectivity index (χ3n) is 3.09. The number of imide groups is 1. The number of esters is 1. The summed E-state index contributed by atoms with van der Waals surface area (Å²) < 4.78 is 10.2. The number of ether oxygens (including phenoxy) is 2. The molecule has 0 radical (unpaired) electrons. The number of amides is 4. The van der Waals surface area contributed by atoms with E-state index in [4.69, 9.17) is 9.47 Å². The lowest BCUT2D eigenvalue weighted by atomic mass is 10.2. The minimum Gasteiger partial charge on any atom is -0.454 e. The molecule has 0 aromatic carbocycles. The van der Waals surface area contributed by atoms with Crippen LogP contribution < -0.4 is 10.6 Å². The average Bonchev–Trinajstić information content (AvgIpc) is 2.92. The van der Waals surface area contributed by atoms with E-state index in [-0.39, 0.29) is 0 Å². The van der Waals surface area contributed by atoms with Gasteiger partial charge in [0.15, 0.2) is 6.61 Å². The molecule has 0 bridgehead atoms. The Hall–Kier alpha value is -2.32. The number of hydrogen-bond acceptors (Lipinski definition) is 6. The molecule has 136 valence electrons. The van der Waals surface area contributed by atoms with Crippen LogP contribution in [0, 0.1) is 0 Å². The Labute approximate surface area is 141 Å². The molecule has 0 unspecified atom stereocenters. The zero-order valence-corrected chi connectivity index (χ0v) is 14.5. The number of rotatable bonds is 4. The molecule has 1 aliphatic rings. The molecule has 24 heavy (non-hydrogen) atoms. The third-order valence-corrected chi connectivity index (χ3v) is 3.09. The van der Waals surface area contributed by atoms with Gasteiger partial charge in [-0.25, -0.2) is 14.4 Å². The molecule has 1 heterocycles. The molecule has 0 saturated carbocycles. The van der Waals surface area contributed by atoms with Crippen molar-refractivity contribution in [3.63, 3.8) is 0 Å². The Morgan fingerprint density at radius 1 is 1.21 bits per heavy atom. The first-order chi connectivity index (χ1) is 11.1. The van der Waals surface area contributed by atoms with Gasteiger partial charge in [0.1, 0.15) is 11.6 Å². The van der Waals surface area contributed by atoms with E-state index in [0.29, 0.717) is 25.9 Å². The maximum Gasteiger partial charge on any atom is 0.411 e. The summed E-state index contributed by atoms with van der Waals surface area (Å²) in [4.78, 5) is 48.2. The standard InChI is InChI=1S/C15H25N3O6/c1-5-16-13(21)17-11(19)9-23-12(20)10-7-6-8-18(10)14(22)24-15(2,3)4/h10H,5-9H2,1-4H3,(H2,16,17,19,21)/t10-/m0/s1. The van der Waals surface area contributed by atoms with Gasteiger partial charge in [0.2, 0.25) is 0 Å². The summed E-state index contributed by atoms with van der Waals surface area (Å²) in [6.45, 7) is 7.08. The lowest BCUT2D eigenvalue weighted by Gasteiger charge is -2.27. The molecule has 0 aliphatic carbocycles. The van der Waals surface area contributed by atoms with Gasteiger partial charge in [-0.15, -0.1) is 0 Å². The largest absolute Gasteiger partial charge is 0.454 e. The molecule has 1 saturated heterocycles. The van der Waals surface area contributed by atoms with Crippen LogP contribution in [0.25, 0.3) is 0 Å². The Kier molecular flexibility index (Phi) is 6.99. The zero-order chi connectivity index (χ0) is 18.3. The number of likely N-dealkylation sites (tertiary alicyclic amines) is 1. The minimum absolute atomic E-state index is 0.367. The summed E-state index contributed by atoms with van der Waals surface area (Å²) in [5.41, 5.74) is -0.666. The Morgan fingerprint density at radius 2 is 1.88 bits per heavy atom. The van der Waals surface area contributed by atoms with E-state index in [0.717, 1.165) is 0 Å². The highest BCUT2D eigenvalue weighted by Crippen LogP contribution is 2.21. The summed E-state index contributed by atoms with van der Waals surface area (Å²) >= 11 is 0. The summed E-state index contributed by atoms with van der Waals surface area (Å²) in [6, 6.07) is -1.44. The smallest absolute Gasteiger partial charge is 0.411 e. The van der Waals surface area contributed by atoms with Crippen LogP contribution in [-0.4, -0.2) is 60.2 Å². The number of urea groups is 1. The van der Waals surface area contributed by atoms with Gasteiger partial charge in [-0.2, -0.15) is 0 Å². The van der Waals surface area contributed by atoms with Gasteiger partial charge in [0.05, 0.1) is 0 Å². The van der Waals surface area contributed by atoms with E-state index < -0.39 is 42.3 Å². The van der Waals surface area contributed by atoms with Crippen LogP contribution in [-0.2, 0) is 19.1 Å². The van der Waals surface area contributed by atoms with Crippen molar-refractivity contribution in [2.45, 2.75) is 52.2 Å². The van der Waals surface area contributed by atoms with Crippen molar-refractivity contribution in [1.82, 2.24) is 15.5 Å². The molecule has 4 amide bonds. The first kappa shape index (κ1) is 19.7. The van der Waals surface area contributed by atoms with Crippen molar-refractivity contribution in [3.8, 4) is 0 Å². The molecule has 1 rings (SSSR count). The summed E-state index contributed by atoms with van der Waals surface area (Å²) in [7, 11) is 0. The fourth-order valence-electron chi connectivity index (χ4n) is 2.15. The van der Waals surface area contributed by atoms with Gasteiger partial charge >= 0.3 is 18.1 Å². The molecule has 0 aromatic rings. The van der Waals surface area contributed by atoms with Gasteiger partial charge in [-0.3, -0.25) is 15.0 Å². The van der Waals surface area contributed by atoms with Crippen LogP contribution in [0.15, 0.2) is 0 Å². The second kappa shape index (κ2) is 8.51. The molecule has 1 fully saturated rings. The SMILES string of the molecule is CCNC(=O)NC(=O)COC(=O)[C@@H]1CCCN1C(=O)OC(C)(C)C. The van der Waals surface area contributed by atoms with Crippen molar-refractivity contribution < 1.29 is 28.7 Å². The second-order valence-electron chi connectivity index (χ2n) is 6.35. The predicted octanol–water partition coefficient (Wildman–Crippen LogP) is 0.775. The van der Waals surface area contributed by atoms with Crippen LogP contribution in [0.5, 0.6) is 0 Å². The predicted molar refractivity (Wildman–Crippen MR) is 84.1 cm³/mol. The monoisotopic (exact) mass is 343 g/mol. The molecular formula is C15H25N3O6. The Morgan fingerprint density at radius 3 is 2.46 bits per heavy atom. The Bertz CT molecular complexity index is 500. The molecule has 0 spiro atoms. The quantitative estimate of drug-likeness (QED) is 0.729. The molecule has 9 heteroatoms. The maximum absolute atomic E-state index is 12.1. The summed E-state index contributed by atoms with van der Waals surface area (Å²) in [6.07, 6.45) is 0.494. The van der Waals surface area contributed by atoms with Gasteiger partial charge in [-0.1, -0.05) is 0 Å². The first-order valence-corrected chi connectivity index (χ1v) is 7.88. The zero-order valence-electron chi connectivity index (χ0n) is 14.5. The number of carbonyl (C=O) groups is 4. The number of nitrogens with one attached hydrogen (secondary N) is 2. The Balaban J connectivity index is 2.50. The van der Waals surface area contributed by atoms with E-state index in [1.54, 1.807) is 27.7 Å².